The summed E-state index contributed by atoms with van der Waals surface area (Å²) < 4.78 is 4.14. The Labute approximate surface area is 69.6 Å². The lowest BCUT2D eigenvalue weighted by Gasteiger charge is -2.04. The summed E-state index contributed by atoms with van der Waals surface area (Å²) in [6.07, 6.45) is 4.94. The molecule has 11 heavy (non-hydrogen) atoms. The molecule has 0 aromatic heterocycles. The molecule has 0 unspecified atom stereocenters. The van der Waals surface area contributed by atoms with Gasteiger partial charge >= 0.3 is 5.09 Å². The number of hydrogen-bond acceptors (Lipinski definition) is 4. The normalized spacial score (nSPS) is 18.5. The Kier molecular flexibility index (Phi) is 3.48. The molecule has 1 aliphatic carbocycles. The van der Waals surface area contributed by atoms with Gasteiger partial charge in [-0.3, -0.25) is 0 Å². The van der Waals surface area contributed by atoms with Crippen LogP contribution in [0.3, 0.4) is 0 Å². The van der Waals surface area contributed by atoms with Gasteiger partial charge in [0, 0.05) is 17.8 Å². The van der Waals surface area contributed by atoms with Crippen molar-refractivity contribution in [2.24, 2.45) is 5.92 Å². The molecule has 64 valence electrons. The van der Waals surface area contributed by atoms with Crippen LogP contribution in [0.5, 0.6) is 0 Å². The molecule has 1 saturated carbocycles. The van der Waals surface area contributed by atoms with E-state index in [-0.39, 0.29) is 0 Å². The van der Waals surface area contributed by atoms with E-state index >= 15 is 0 Å². The first kappa shape index (κ1) is 8.64. The van der Waals surface area contributed by atoms with E-state index in [4.69, 9.17) is 0 Å². The zero-order valence-corrected chi connectivity index (χ0v) is 7.01. The van der Waals surface area contributed by atoms with Gasteiger partial charge in [-0.15, -0.1) is 10.1 Å². The first-order valence-electron chi connectivity index (χ1n) is 3.73. The number of nitrogens with zero attached hydrogens (tertiary/aromatic N) is 1. The zero-order chi connectivity index (χ0) is 8.10. The lowest BCUT2D eigenvalue weighted by molar-refractivity contribution is -0.707. The fraction of sp³-hybridized carbons (Fsp3) is 1.00. The molecular weight excluding hydrogens is 166 g/mol. The maximum Gasteiger partial charge on any atom is 0.306 e. The molecular formula is C6H11NO3S. The minimum Gasteiger partial charge on any atom is -0.242 e. The largest absolute Gasteiger partial charge is 0.306 e. The van der Waals surface area contributed by atoms with Crippen LogP contribution >= 0.6 is 12.0 Å². The van der Waals surface area contributed by atoms with Gasteiger partial charge in [0.25, 0.3) is 0 Å². The van der Waals surface area contributed by atoms with E-state index in [1.807, 2.05) is 0 Å². The van der Waals surface area contributed by atoms with Crippen LogP contribution in [0.4, 0.5) is 0 Å². The molecule has 0 aromatic rings. The quantitative estimate of drug-likeness (QED) is 0.374. The summed E-state index contributed by atoms with van der Waals surface area (Å²) in [5.41, 5.74) is 0. The third-order valence-electron chi connectivity index (χ3n) is 1.89. The molecule has 0 N–H and O–H groups in total. The third-order valence-corrected chi connectivity index (χ3v) is 2.73. The van der Waals surface area contributed by atoms with E-state index in [1.165, 1.54) is 25.7 Å². The van der Waals surface area contributed by atoms with Crippen molar-refractivity contribution >= 4 is 12.0 Å². The lowest BCUT2D eigenvalue weighted by atomic mass is 10.1. The highest BCUT2D eigenvalue weighted by Gasteiger charge is 2.15. The minimum absolute atomic E-state index is 0.639. The molecule has 0 aromatic carbocycles. The average molecular weight is 177 g/mol. The highest BCUT2D eigenvalue weighted by atomic mass is 32.2. The van der Waals surface area contributed by atoms with Gasteiger partial charge in [0.15, 0.2) is 0 Å². The zero-order valence-electron chi connectivity index (χ0n) is 6.19. The highest BCUT2D eigenvalue weighted by molar-refractivity contribution is 7.94. The lowest BCUT2D eigenvalue weighted by Crippen LogP contribution is -2.00. The first-order valence-corrected chi connectivity index (χ1v) is 4.64. The van der Waals surface area contributed by atoms with E-state index in [0.29, 0.717) is 5.92 Å². The van der Waals surface area contributed by atoms with E-state index in [1.54, 1.807) is 0 Å². The smallest absolute Gasteiger partial charge is 0.242 e. The Morgan fingerprint density at radius 3 is 2.73 bits per heavy atom. The molecule has 0 saturated heterocycles. The van der Waals surface area contributed by atoms with E-state index in [2.05, 4.69) is 4.28 Å². The summed E-state index contributed by atoms with van der Waals surface area (Å²) in [6, 6.07) is 0. The fourth-order valence-electron chi connectivity index (χ4n) is 1.35. The molecule has 0 spiro atoms. The van der Waals surface area contributed by atoms with Gasteiger partial charge in [0.1, 0.15) is 0 Å². The van der Waals surface area contributed by atoms with Gasteiger partial charge in [0.2, 0.25) is 0 Å². The van der Waals surface area contributed by atoms with Crippen molar-refractivity contribution in [2.75, 3.05) is 5.75 Å². The monoisotopic (exact) mass is 177 g/mol. The molecule has 5 heteroatoms. The Hall–Kier alpha value is -0.450. The molecule has 0 atom stereocenters. The van der Waals surface area contributed by atoms with Gasteiger partial charge in [0.05, 0.1) is 0 Å². The Morgan fingerprint density at radius 2 is 2.18 bits per heavy atom. The third kappa shape index (κ3) is 3.46. The van der Waals surface area contributed by atoms with Crippen molar-refractivity contribution in [2.45, 2.75) is 25.7 Å². The Balaban J connectivity index is 1.98. The van der Waals surface area contributed by atoms with Crippen LogP contribution in [0.25, 0.3) is 0 Å². The van der Waals surface area contributed by atoms with Crippen molar-refractivity contribution < 1.29 is 9.37 Å². The van der Waals surface area contributed by atoms with E-state index in [0.717, 1.165) is 17.8 Å². The summed E-state index contributed by atoms with van der Waals surface area (Å²) in [6.45, 7) is 0. The molecule has 1 fully saturated rings. The predicted octanol–water partition coefficient (Wildman–Crippen LogP) is 2.03. The molecule has 0 amide bonds. The number of hydrogen-bond donors (Lipinski definition) is 0. The molecule has 1 rings (SSSR count). The van der Waals surface area contributed by atoms with Gasteiger partial charge in [-0.25, -0.2) is 4.28 Å². The highest BCUT2D eigenvalue weighted by Crippen LogP contribution is 2.27. The summed E-state index contributed by atoms with van der Waals surface area (Å²) in [5, 5.41) is 8.99. The topological polar surface area (TPSA) is 52.4 Å². The molecule has 0 aliphatic heterocycles. The van der Waals surface area contributed by atoms with Crippen molar-refractivity contribution in [1.82, 2.24) is 0 Å². The van der Waals surface area contributed by atoms with Crippen LogP contribution in [-0.2, 0) is 4.28 Å². The first-order chi connectivity index (χ1) is 5.29. The number of rotatable bonds is 4. The van der Waals surface area contributed by atoms with E-state index in [9.17, 15) is 10.1 Å². The summed E-state index contributed by atoms with van der Waals surface area (Å²) >= 11 is 0.960. The molecule has 0 radical (unpaired) electrons. The van der Waals surface area contributed by atoms with Gasteiger partial charge in [-0.1, -0.05) is 12.8 Å². The van der Waals surface area contributed by atoms with Crippen molar-refractivity contribution in [3.63, 3.8) is 0 Å². The minimum atomic E-state index is -0.750. The second-order valence-electron chi connectivity index (χ2n) is 2.73. The summed E-state index contributed by atoms with van der Waals surface area (Å²) in [4.78, 5) is 9.74. The predicted molar refractivity (Wildman–Crippen MR) is 42.5 cm³/mol. The van der Waals surface area contributed by atoms with Crippen LogP contribution in [0.15, 0.2) is 0 Å². The SMILES string of the molecule is O=[N+]([O-])OSCC1CCCC1. The standard InChI is InChI=1S/C6H11NO3S/c8-7(9)10-11-5-6-3-1-2-4-6/h6H,1-5H2. The van der Waals surface area contributed by atoms with Gasteiger partial charge < -0.3 is 0 Å². The Morgan fingerprint density at radius 1 is 1.55 bits per heavy atom. The van der Waals surface area contributed by atoms with E-state index < -0.39 is 5.09 Å². The van der Waals surface area contributed by atoms with Gasteiger partial charge in [-0.05, 0) is 18.8 Å². The summed E-state index contributed by atoms with van der Waals surface area (Å²) in [7, 11) is 0. The fourth-order valence-corrected chi connectivity index (χ4v) is 2.02. The van der Waals surface area contributed by atoms with Crippen molar-refractivity contribution in [3.05, 3.63) is 10.1 Å². The Bertz CT molecular complexity index is 136. The second kappa shape index (κ2) is 4.43. The van der Waals surface area contributed by atoms with Crippen LogP contribution in [0, 0.1) is 16.0 Å². The van der Waals surface area contributed by atoms with Crippen LogP contribution in [-0.4, -0.2) is 10.8 Å². The molecule has 4 nitrogen and oxygen atoms in total. The molecule has 1 aliphatic rings. The van der Waals surface area contributed by atoms with Crippen LogP contribution in [0.2, 0.25) is 0 Å². The maximum absolute atomic E-state index is 9.74. The molecule has 0 heterocycles. The van der Waals surface area contributed by atoms with Crippen LogP contribution in [0.1, 0.15) is 25.7 Å². The average Bonchev–Trinajstić information content (AvgIpc) is 2.39. The molecule has 0 bridgehead atoms. The summed E-state index contributed by atoms with van der Waals surface area (Å²) in [5.74, 6) is 1.40. The maximum atomic E-state index is 9.74. The van der Waals surface area contributed by atoms with Crippen molar-refractivity contribution in [3.8, 4) is 0 Å². The van der Waals surface area contributed by atoms with Gasteiger partial charge in [-0.2, -0.15) is 0 Å². The second-order valence-corrected chi connectivity index (χ2v) is 3.45. The van der Waals surface area contributed by atoms with Crippen LogP contribution < -0.4 is 0 Å². The van der Waals surface area contributed by atoms with Crippen molar-refractivity contribution in [1.29, 1.82) is 0 Å².